The van der Waals surface area contributed by atoms with Crippen molar-refractivity contribution in [3.8, 4) is 0 Å². The highest BCUT2D eigenvalue weighted by atomic mass is 35.5. The summed E-state index contributed by atoms with van der Waals surface area (Å²) >= 11 is 5.79. The Morgan fingerprint density at radius 1 is 1.14 bits per heavy atom. The summed E-state index contributed by atoms with van der Waals surface area (Å²) in [5.41, 5.74) is 6.81. The zero-order chi connectivity index (χ0) is 15.6. The van der Waals surface area contributed by atoms with Gasteiger partial charge in [0, 0.05) is 17.5 Å². The monoisotopic (exact) mass is 324 g/mol. The Hall–Kier alpha value is -2.05. The van der Waals surface area contributed by atoms with Crippen molar-refractivity contribution in [2.45, 2.75) is 4.90 Å². The number of anilines is 2. The minimum atomic E-state index is -3.25. The lowest BCUT2D eigenvalue weighted by atomic mass is 10.2. The van der Waals surface area contributed by atoms with Crippen LogP contribution < -0.4 is 11.1 Å². The lowest BCUT2D eigenvalue weighted by Gasteiger charge is -2.07. The van der Waals surface area contributed by atoms with E-state index in [0.717, 1.165) is 6.26 Å². The Morgan fingerprint density at radius 2 is 1.76 bits per heavy atom. The van der Waals surface area contributed by atoms with Crippen LogP contribution in [-0.4, -0.2) is 20.6 Å². The summed E-state index contributed by atoms with van der Waals surface area (Å²) in [7, 11) is -3.25. The third-order valence-corrected chi connectivity index (χ3v) is 4.27. The van der Waals surface area contributed by atoms with Gasteiger partial charge in [-0.2, -0.15) is 0 Å². The number of nitrogens with one attached hydrogen (secondary N) is 1. The van der Waals surface area contributed by atoms with Gasteiger partial charge >= 0.3 is 0 Å². The molecule has 0 aliphatic carbocycles. The lowest BCUT2D eigenvalue weighted by molar-refractivity contribution is 0.102. The fourth-order valence-corrected chi connectivity index (χ4v) is 2.42. The molecule has 0 radical (unpaired) electrons. The molecule has 2 aromatic carbocycles. The Kier molecular flexibility index (Phi) is 4.20. The molecule has 0 aromatic heterocycles. The summed E-state index contributed by atoms with van der Waals surface area (Å²) in [5, 5.41) is 3.03. The first-order valence-electron chi connectivity index (χ1n) is 5.94. The molecule has 0 saturated heterocycles. The van der Waals surface area contributed by atoms with Crippen LogP contribution in [-0.2, 0) is 9.84 Å². The van der Waals surface area contributed by atoms with Crippen molar-refractivity contribution in [2.24, 2.45) is 0 Å². The van der Waals surface area contributed by atoms with Gasteiger partial charge in [0.15, 0.2) is 9.84 Å². The van der Waals surface area contributed by atoms with Gasteiger partial charge in [0.25, 0.3) is 5.91 Å². The van der Waals surface area contributed by atoms with E-state index in [-0.39, 0.29) is 10.8 Å². The highest BCUT2D eigenvalue weighted by molar-refractivity contribution is 7.90. The van der Waals surface area contributed by atoms with Crippen LogP contribution in [0, 0.1) is 0 Å². The molecule has 1 amide bonds. The van der Waals surface area contributed by atoms with E-state index in [9.17, 15) is 13.2 Å². The van der Waals surface area contributed by atoms with Crippen LogP contribution in [0.25, 0.3) is 0 Å². The third kappa shape index (κ3) is 3.74. The molecule has 0 bridgehead atoms. The van der Waals surface area contributed by atoms with Crippen LogP contribution in [0.1, 0.15) is 10.4 Å². The molecular formula is C14H13ClN2O3S. The highest BCUT2D eigenvalue weighted by Crippen LogP contribution is 2.20. The largest absolute Gasteiger partial charge is 0.398 e. The van der Waals surface area contributed by atoms with Crippen molar-refractivity contribution in [1.29, 1.82) is 0 Å². The van der Waals surface area contributed by atoms with Crippen molar-refractivity contribution in [3.05, 3.63) is 53.1 Å². The summed E-state index contributed by atoms with van der Waals surface area (Å²) in [6.45, 7) is 0. The van der Waals surface area contributed by atoms with Gasteiger partial charge in [0.05, 0.1) is 15.6 Å². The van der Waals surface area contributed by atoms with Crippen molar-refractivity contribution < 1.29 is 13.2 Å². The van der Waals surface area contributed by atoms with Crippen molar-refractivity contribution in [1.82, 2.24) is 0 Å². The van der Waals surface area contributed by atoms with Crippen LogP contribution in [0.5, 0.6) is 0 Å². The Morgan fingerprint density at radius 3 is 2.29 bits per heavy atom. The highest BCUT2D eigenvalue weighted by Gasteiger charge is 2.10. The molecule has 0 aliphatic heterocycles. The van der Waals surface area contributed by atoms with Gasteiger partial charge in [-0.05, 0) is 42.5 Å². The van der Waals surface area contributed by atoms with Crippen LogP contribution in [0.2, 0.25) is 5.02 Å². The maximum Gasteiger partial charge on any atom is 0.255 e. The number of hydrogen-bond donors (Lipinski definition) is 2. The second-order valence-electron chi connectivity index (χ2n) is 4.49. The average Bonchev–Trinajstić information content (AvgIpc) is 2.41. The minimum absolute atomic E-state index is 0.191. The first-order valence-corrected chi connectivity index (χ1v) is 8.21. The minimum Gasteiger partial charge on any atom is -0.398 e. The molecular weight excluding hydrogens is 312 g/mol. The zero-order valence-electron chi connectivity index (χ0n) is 11.1. The number of carbonyl (C=O) groups is 1. The number of amides is 1. The van der Waals surface area contributed by atoms with E-state index in [1.54, 1.807) is 12.1 Å². The van der Waals surface area contributed by atoms with Crippen molar-refractivity contribution >= 4 is 38.7 Å². The summed E-state index contributed by atoms with van der Waals surface area (Å²) in [6.07, 6.45) is 1.12. The summed E-state index contributed by atoms with van der Waals surface area (Å²) < 4.78 is 22.7. The van der Waals surface area contributed by atoms with Gasteiger partial charge < -0.3 is 11.1 Å². The molecule has 0 saturated carbocycles. The number of benzene rings is 2. The first-order chi connectivity index (χ1) is 9.77. The SMILES string of the molecule is CS(=O)(=O)c1ccc(NC(=O)c2ccc(Cl)c(N)c2)cc1. The van der Waals surface area contributed by atoms with Crippen molar-refractivity contribution in [2.75, 3.05) is 17.3 Å². The number of sulfone groups is 1. The van der Waals surface area contributed by atoms with Gasteiger partial charge in [0.2, 0.25) is 0 Å². The molecule has 2 rings (SSSR count). The Labute approximate surface area is 127 Å². The summed E-state index contributed by atoms with van der Waals surface area (Å²) in [4.78, 5) is 12.2. The number of rotatable bonds is 3. The van der Waals surface area contributed by atoms with E-state index in [2.05, 4.69) is 5.32 Å². The molecule has 0 heterocycles. The molecule has 21 heavy (non-hydrogen) atoms. The van der Waals surface area contributed by atoms with E-state index in [0.29, 0.717) is 22.0 Å². The van der Waals surface area contributed by atoms with Gasteiger partial charge in [0.1, 0.15) is 0 Å². The second kappa shape index (κ2) is 5.75. The topological polar surface area (TPSA) is 89.3 Å². The number of carbonyl (C=O) groups excluding carboxylic acids is 1. The maximum absolute atomic E-state index is 12.0. The Bertz CT molecular complexity index is 786. The van der Waals surface area contributed by atoms with E-state index < -0.39 is 9.84 Å². The van der Waals surface area contributed by atoms with Gasteiger partial charge in [-0.15, -0.1) is 0 Å². The fraction of sp³-hybridized carbons (Fsp3) is 0.0714. The first kappa shape index (κ1) is 15.3. The van der Waals surface area contributed by atoms with Crippen LogP contribution in [0.4, 0.5) is 11.4 Å². The smallest absolute Gasteiger partial charge is 0.255 e. The lowest BCUT2D eigenvalue weighted by Crippen LogP contribution is -2.12. The molecule has 3 N–H and O–H groups in total. The van der Waals surface area contributed by atoms with Gasteiger partial charge in [-0.3, -0.25) is 4.79 Å². The quantitative estimate of drug-likeness (QED) is 0.849. The zero-order valence-corrected chi connectivity index (χ0v) is 12.7. The fourth-order valence-electron chi connectivity index (χ4n) is 1.67. The van der Waals surface area contributed by atoms with Gasteiger partial charge in [-0.25, -0.2) is 8.42 Å². The number of nitrogens with two attached hydrogens (primary N) is 1. The third-order valence-electron chi connectivity index (χ3n) is 2.80. The van der Waals surface area contributed by atoms with Crippen LogP contribution >= 0.6 is 11.6 Å². The van der Waals surface area contributed by atoms with E-state index in [1.807, 2.05) is 0 Å². The van der Waals surface area contributed by atoms with Crippen molar-refractivity contribution in [3.63, 3.8) is 0 Å². The maximum atomic E-state index is 12.0. The second-order valence-corrected chi connectivity index (χ2v) is 6.91. The predicted molar refractivity (Wildman–Crippen MR) is 83.4 cm³/mol. The molecule has 110 valence electrons. The molecule has 0 aliphatic rings. The standard InChI is InChI=1S/C14H13ClN2O3S/c1-21(19,20)11-5-3-10(4-6-11)17-14(18)9-2-7-12(15)13(16)8-9/h2-8H,16H2,1H3,(H,17,18). The molecule has 0 unspecified atom stereocenters. The van der Waals surface area contributed by atoms with Crippen LogP contribution in [0.3, 0.4) is 0 Å². The molecule has 2 aromatic rings. The normalized spacial score (nSPS) is 11.1. The molecule has 0 fully saturated rings. The Balaban J connectivity index is 2.18. The number of nitrogen functional groups attached to an aromatic ring is 1. The molecule has 0 spiro atoms. The van der Waals surface area contributed by atoms with E-state index in [4.69, 9.17) is 17.3 Å². The predicted octanol–water partition coefficient (Wildman–Crippen LogP) is 2.58. The van der Waals surface area contributed by atoms with E-state index in [1.165, 1.54) is 30.3 Å². The molecule has 5 nitrogen and oxygen atoms in total. The van der Waals surface area contributed by atoms with Gasteiger partial charge in [-0.1, -0.05) is 11.6 Å². The molecule has 7 heteroatoms. The summed E-state index contributed by atoms with van der Waals surface area (Å²) in [6, 6.07) is 10.5. The molecule has 0 atom stereocenters. The van der Waals surface area contributed by atoms with E-state index >= 15 is 0 Å². The van der Waals surface area contributed by atoms with Crippen LogP contribution in [0.15, 0.2) is 47.4 Å². The average molecular weight is 325 g/mol. The number of halogens is 1. The number of hydrogen-bond acceptors (Lipinski definition) is 4. The summed E-state index contributed by atoms with van der Waals surface area (Å²) in [5.74, 6) is -0.356.